The van der Waals surface area contributed by atoms with Crippen molar-refractivity contribution >= 4 is 28.7 Å². The van der Waals surface area contributed by atoms with Crippen LogP contribution in [0.1, 0.15) is 35.6 Å². The Kier molecular flexibility index (Phi) is 5.57. The second kappa shape index (κ2) is 8.62. The number of allylic oxidation sites excluding steroid dienone is 1. The summed E-state index contributed by atoms with van der Waals surface area (Å²) in [6.07, 6.45) is 7.48. The molecule has 0 spiro atoms. The molecule has 0 atom stereocenters. The van der Waals surface area contributed by atoms with Crippen molar-refractivity contribution in [2.24, 2.45) is 0 Å². The van der Waals surface area contributed by atoms with Crippen LogP contribution >= 0.6 is 0 Å². The van der Waals surface area contributed by atoms with Crippen LogP contribution in [-0.4, -0.2) is 20.7 Å². The molecule has 4 aromatic rings. The highest BCUT2D eigenvalue weighted by Crippen LogP contribution is 2.36. The van der Waals surface area contributed by atoms with E-state index in [1.54, 1.807) is 6.08 Å². The standard InChI is InChI=1S/C26H22N2O2/c1-2-22(20-8-4-3-5-9-20)26(23-18-27-28-17-7-6-10-24(23)28)21-14-11-19(12-15-21)13-16-25(29)30/h3-18H,2H2,1H3,(H,29,30)/b16-13+,26-22+. The Bertz CT molecular complexity index is 1230. The smallest absolute Gasteiger partial charge is 0.328 e. The van der Waals surface area contributed by atoms with Crippen LogP contribution < -0.4 is 0 Å². The summed E-state index contributed by atoms with van der Waals surface area (Å²) >= 11 is 0. The van der Waals surface area contributed by atoms with Crippen molar-refractivity contribution in [3.05, 3.63) is 114 Å². The van der Waals surface area contributed by atoms with E-state index in [2.05, 4.69) is 42.4 Å². The molecule has 2 aromatic carbocycles. The van der Waals surface area contributed by atoms with Crippen molar-refractivity contribution < 1.29 is 9.90 Å². The van der Waals surface area contributed by atoms with Gasteiger partial charge in [0.05, 0.1) is 11.7 Å². The zero-order valence-corrected chi connectivity index (χ0v) is 16.7. The number of hydrogen-bond acceptors (Lipinski definition) is 2. The molecule has 0 aliphatic heterocycles. The number of rotatable bonds is 6. The van der Waals surface area contributed by atoms with Crippen LogP contribution in [0.5, 0.6) is 0 Å². The normalized spacial score (nSPS) is 12.3. The molecular formula is C26H22N2O2. The van der Waals surface area contributed by atoms with E-state index in [1.807, 2.05) is 59.4 Å². The third kappa shape index (κ3) is 3.94. The average Bonchev–Trinajstić information content (AvgIpc) is 3.21. The number of nitrogens with zero attached hydrogens (tertiary/aromatic N) is 2. The highest BCUT2D eigenvalue weighted by Gasteiger charge is 2.16. The highest BCUT2D eigenvalue weighted by molar-refractivity contribution is 6.02. The lowest BCUT2D eigenvalue weighted by atomic mass is 9.88. The topological polar surface area (TPSA) is 54.6 Å². The van der Waals surface area contributed by atoms with Crippen LogP contribution in [-0.2, 0) is 4.79 Å². The minimum Gasteiger partial charge on any atom is -0.478 e. The average molecular weight is 394 g/mol. The third-order valence-electron chi connectivity index (χ3n) is 5.09. The molecule has 2 aromatic heterocycles. The van der Waals surface area contributed by atoms with E-state index in [4.69, 9.17) is 5.11 Å². The van der Waals surface area contributed by atoms with Crippen LogP contribution in [0.2, 0.25) is 0 Å². The number of carboxylic acid groups (broad SMARTS) is 1. The maximum absolute atomic E-state index is 10.8. The molecule has 1 N–H and O–H groups in total. The van der Waals surface area contributed by atoms with Crippen molar-refractivity contribution in [2.45, 2.75) is 13.3 Å². The molecule has 0 unspecified atom stereocenters. The van der Waals surface area contributed by atoms with Gasteiger partial charge in [0.15, 0.2) is 0 Å². The molecule has 0 bridgehead atoms. The summed E-state index contributed by atoms with van der Waals surface area (Å²) < 4.78 is 1.89. The summed E-state index contributed by atoms with van der Waals surface area (Å²) in [4.78, 5) is 10.8. The zero-order valence-electron chi connectivity index (χ0n) is 16.7. The fourth-order valence-electron chi connectivity index (χ4n) is 3.71. The van der Waals surface area contributed by atoms with Gasteiger partial charge in [-0.25, -0.2) is 9.31 Å². The van der Waals surface area contributed by atoms with Gasteiger partial charge in [-0.2, -0.15) is 5.10 Å². The number of aromatic nitrogens is 2. The van der Waals surface area contributed by atoms with Gasteiger partial charge in [-0.15, -0.1) is 0 Å². The molecule has 2 heterocycles. The summed E-state index contributed by atoms with van der Waals surface area (Å²) in [6, 6.07) is 24.4. The molecule has 4 nitrogen and oxygen atoms in total. The number of benzene rings is 2. The lowest BCUT2D eigenvalue weighted by Gasteiger charge is -2.15. The Balaban J connectivity index is 1.93. The minimum absolute atomic E-state index is 0.845. The van der Waals surface area contributed by atoms with Gasteiger partial charge in [-0.05, 0) is 52.5 Å². The van der Waals surface area contributed by atoms with E-state index in [0.717, 1.165) is 40.3 Å². The number of fused-ring (bicyclic) bond motifs is 1. The lowest BCUT2D eigenvalue weighted by Crippen LogP contribution is -1.95. The minimum atomic E-state index is -0.955. The molecule has 4 rings (SSSR count). The van der Waals surface area contributed by atoms with Gasteiger partial charge < -0.3 is 5.11 Å². The first-order chi connectivity index (χ1) is 14.7. The van der Waals surface area contributed by atoms with Gasteiger partial charge in [0.1, 0.15) is 0 Å². The molecule has 0 amide bonds. The summed E-state index contributed by atoms with van der Waals surface area (Å²) in [5, 5.41) is 13.4. The predicted molar refractivity (Wildman–Crippen MR) is 121 cm³/mol. The van der Waals surface area contributed by atoms with Crippen molar-refractivity contribution in [3.63, 3.8) is 0 Å². The maximum atomic E-state index is 10.8. The molecule has 0 radical (unpaired) electrons. The molecule has 148 valence electrons. The van der Waals surface area contributed by atoms with Crippen LogP contribution in [0.3, 0.4) is 0 Å². The molecule has 4 heteroatoms. The van der Waals surface area contributed by atoms with Crippen LogP contribution in [0, 0.1) is 0 Å². The van der Waals surface area contributed by atoms with Gasteiger partial charge in [-0.1, -0.05) is 67.6 Å². The molecule has 0 saturated heterocycles. The Hall–Kier alpha value is -3.92. The first-order valence-corrected chi connectivity index (χ1v) is 9.90. The molecule has 0 saturated carbocycles. The van der Waals surface area contributed by atoms with E-state index in [-0.39, 0.29) is 0 Å². The zero-order chi connectivity index (χ0) is 20.9. The van der Waals surface area contributed by atoms with Gasteiger partial charge in [0.2, 0.25) is 0 Å². The number of carboxylic acids is 1. The second-order valence-corrected chi connectivity index (χ2v) is 6.96. The van der Waals surface area contributed by atoms with Crippen LogP contribution in [0.25, 0.3) is 22.7 Å². The quantitative estimate of drug-likeness (QED) is 0.332. The fourth-order valence-corrected chi connectivity index (χ4v) is 3.71. The number of hydrogen-bond donors (Lipinski definition) is 1. The third-order valence-corrected chi connectivity index (χ3v) is 5.09. The number of carbonyl (C=O) groups is 1. The van der Waals surface area contributed by atoms with Crippen molar-refractivity contribution in [1.29, 1.82) is 0 Å². The predicted octanol–water partition coefficient (Wildman–Crippen LogP) is 5.80. The maximum Gasteiger partial charge on any atom is 0.328 e. The summed E-state index contributed by atoms with van der Waals surface area (Å²) in [5.74, 6) is -0.955. The van der Waals surface area contributed by atoms with E-state index in [1.165, 1.54) is 11.1 Å². The Morgan fingerprint density at radius 2 is 1.70 bits per heavy atom. The summed E-state index contributed by atoms with van der Waals surface area (Å²) in [6.45, 7) is 2.16. The van der Waals surface area contributed by atoms with E-state index in [0.29, 0.717) is 0 Å². The van der Waals surface area contributed by atoms with E-state index in [9.17, 15) is 4.79 Å². The van der Waals surface area contributed by atoms with Gasteiger partial charge >= 0.3 is 5.97 Å². The number of pyridine rings is 1. The monoisotopic (exact) mass is 394 g/mol. The summed E-state index contributed by atoms with van der Waals surface area (Å²) in [5.41, 5.74) is 7.59. The van der Waals surface area contributed by atoms with Crippen molar-refractivity contribution in [2.75, 3.05) is 0 Å². The highest BCUT2D eigenvalue weighted by atomic mass is 16.4. The Labute approximate surface area is 175 Å². The first-order valence-electron chi connectivity index (χ1n) is 9.90. The van der Waals surface area contributed by atoms with Gasteiger partial charge in [0.25, 0.3) is 0 Å². The second-order valence-electron chi connectivity index (χ2n) is 6.96. The lowest BCUT2D eigenvalue weighted by molar-refractivity contribution is -0.131. The van der Waals surface area contributed by atoms with Crippen LogP contribution in [0.4, 0.5) is 0 Å². The molecule has 0 aliphatic carbocycles. The molecule has 0 fully saturated rings. The number of aliphatic carboxylic acids is 1. The largest absolute Gasteiger partial charge is 0.478 e. The fraction of sp³-hybridized carbons (Fsp3) is 0.0769. The van der Waals surface area contributed by atoms with Crippen molar-refractivity contribution in [3.8, 4) is 0 Å². The van der Waals surface area contributed by atoms with E-state index >= 15 is 0 Å². The molecular weight excluding hydrogens is 372 g/mol. The molecule has 0 aliphatic rings. The van der Waals surface area contributed by atoms with Crippen molar-refractivity contribution in [1.82, 2.24) is 9.61 Å². The Morgan fingerprint density at radius 3 is 2.40 bits per heavy atom. The molecule has 30 heavy (non-hydrogen) atoms. The van der Waals surface area contributed by atoms with Gasteiger partial charge in [-0.3, -0.25) is 0 Å². The first kappa shape index (κ1) is 19.4. The summed E-state index contributed by atoms with van der Waals surface area (Å²) in [7, 11) is 0. The van der Waals surface area contributed by atoms with Crippen LogP contribution in [0.15, 0.2) is 91.3 Å². The Morgan fingerprint density at radius 1 is 0.967 bits per heavy atom. The SMILES string of the molecule is CC/C(=C(/c1ccc(/C=C/C(=O)O)cc1)c1cnn2ccccc12)c1ccccc1. The van der Waals surface area contributed by atoms with Gasteiger partial charge in [0, 0.05) is 17.8 Å². The van der Waals surface area contributed by atoms with E-state index < -0.39 is 5.97 Å².